The smallest absolute Gasteiger partial charge is 0.258 e. The van der Waals surface area contributed by atoms with Crippen molar-refractivity contribution in [3.8, 4) is 0 Å². The molecule has 7 heteroatoms. The fourth-order valence-corrected chi connectivity index (χ4v) is 1.94. The van der Waals surface area contributed by atoms with Gasteiger partial charge >= 0.3 is 5.00 Å². The number of hydrogen-bond donors (Lipinski definition) is 0. The molecular weight excluding hydrogens is 269 g/mol. The van der Waals surface area contributed by atoms with Gasteiger partial charge < -0.3 is 0 Å². The molecule has 5 nitrogen and oxygen atoms in total. The second-order valence-electron chi connectivity index (χ2n) is 3.47. The summed E-state index contributed by atoms with van der Waals surface area (Å²) in [6, 6.07) is 8.81. The largest absolute Gasteiger partial charge is 0.324 e. The van der Waals surface area contributed by atoms with Crippen LogP contribution in [0.5, 0.6) is 0 Å². The molecule has 96 valence electrons. The molecule has 1 heterocycles. The van der Waals surface area contributed by atoms with Gasteiger partial charge in [0.1, 0.15) is 5.82 Å². The van der Waals surface area contributed by atoms with Crippen molar-refractivity contribution in [2.75, 3.05) is 0 Å². The van der Waals surface area contributed by atoms with Gasteiger partial charge in [-0.05, 0) is 23.8 Å². The SMILES string of the molecule is O=[N+]([O-])c1ccc(/C=N/N=C/c2ccc(F)cc2)s1. The number of nitrogens with zero attached hydrogens (tertiary/aromatic N) is 3. The third kappa shape index (κ3) is 3.78. The zero-order valence-corrected chi connectivity index (χ0v) is 10.4. The normalized spacial score (nSPS) is 11.4. The van der Waals surface area contributed by atoms with Gasteiger partial charge in [0.2, 0.25) is 0 Å². The first-order valence-corrected chi connectivity index (χ1v) is 6.03. The standard InChI is InChI=1S/C12H8FN3O2S/c13-10-3-1-9(2-4-10)7-14-15-8-11-5-6-12(19-11)16(17)18/h1-8H/b14-7+,15-8+. The lowest BCUT2D eigenvalue weighted by molar-refractivity contribution is -0.380. The molecule has 1 aromatic heterocycles. The minimum absolute atomic E-state index is 0.0592. The number of halogens is 1. The van der Waals surface area contributed by atoms with Crippen LogP contribution in [0.2, 0.25) is 0 Å². The van der Waals surface area contributed by atoms with E-state index in [4.69, 9.17) is 0 Å². The van der Waals surface area contributed by atoms with Crippen LogP contribution in [0, 0.1) is 15.9 Å². The van der Waals surface area contributed by atoms with Crippen molar-refractivity contribution in [2.24, 2.45) is 10.2 Å². The van der Waals surface area contributed by atoms with E-state index in [0.717, 1.165) is 16.9 Å². The summed E-state index contributed by atoms with van der Waals surface area (Å²) in [5, 5.41) is 18.1. The molecule has 19 heavy (non-hydrogen) atoms. The lowest BCUT2D eigenvalue weighted by Gasteiger charge is -1.89. The molecule has 0 N–H and O–H groups in total. The van der Waals surface area contributed by atoms with Gasteiger partial charge in [-0.15, -0.1) is 0 Å². The van der Waals surface area contributed by atoms with E-state index in [9.17, 15) is 14.5 Å². The highest BCUT2D eigenvalue weighted by molar-refractivity contribution is 7.16. The van der Waals surface area contributed by atoms with Crippen molar-refractivity contribution in [1.29, 1.82) is 0 Å². The molecule has 0 aliphatic carbocycles. The fourth-order valence-electron chi connectivity index (χ4n) is 1.25. The van der Waals surface area contributed by atoms with Crippen LogP contribution in [-0.4, -0.2) is 17.4 Å². The maximum atomic E-state index is 12.6. The molecule has 0 unspecified atom stereocenters. The Kier molecular flexibility index (Phi) is 4.09. The molecule has 0 saturated carbocycles. The second-order valence-corrected chi connectivity index (χ2v) is 4.57. The van der Waals surface area contributed by atoms with E-state index in [-0.39, 0.29) is 10.8 Å². The minimum atomic E-state index is -0.455. The Morgan fingerprint density at radius 2 is 1.79 bits per heavy atom. The van der Waals surface area contributed by atoms with Crippen LogP contribution < -0.4 is 0 Å². The Morgan fingerprint density at radius 3 is 2.42 bits per heavy atom. The maximum absolute atomic E-state index is 12.6. The molecule has 1 aromatic carbocycles. The summed E-state index contributed by atoms with van der Waals surface area (Å²) in [6.45, 7) is 0. The van der Waals surface area contributed by atoms with E-state index in [0.29, 0.717) is 4.88 Å². The Labute approximate surface area is 111 Å². The molecule has 0 spiro atoms. The van der Waals surface area contributed by atoms with Crippen molar-refractivity contribution in [1.82, 2.24) is 0 Å². The van der Waals surface area contributed by atoms with E-state index in [1.54, 1.807) is 18.2 Å². The van der Waals surface area contributed by atoms with E-state index in [1.165, 1.54) is 30.6 Å². The number of nitro groups is 1. The Morgan fingerprint density at radius 1 is 1.11 bits per heavy atom. The van der Waals surface area contributed by atoms with Crippen LogP contribution >= 0.6 is 11.3 Å². The number of benzene rings is 1. The molecule has 0 aliphatic heterocycles. The van der Waals surface area contributed by atoms with Gasteiger partial charge in [0.25, 0.3) is 0 Å². The predicted octanol–water partition coefficient (Wildman–Crippen LogP) is 3.25. The van der Waals surface area contributed by atoms with Gasteiger partial charge in [-0.2, -0.15) is 10.2 Å². The molecule has 0 radical (unpaired) electrons. The molecule has 0 bridgehead atoms. The molecule has 0 fully saturated rings. The van der Waals surface area contributed by atoms with Crippen LogP contribution in [0.4, 0.5) is 9.39 Å². The van der Waals surface area contributed by atoms with Crippen molar-refractivity contribution in [3.63, 3.8) is 0 Å². The van der Waals surface area contributed by atoms with E-state index in [1.807, 2.05) is 0 Å². The second kappa shape index (κ2) is 5.96. The molecule has 0 aliphatic rings. The summed E-state index contributed by atoms with van der Waals surface area (Å²) in [7, 11) is 0. The Bertz CT molecular complexity index is 635. The van der Waals surface area contributed by atoms with Gasteiger partial charge in [-0.3, -0.25) is 10.1 Å². The van der Waals surface area contributed by atoms with Gasteiger partial charge in [0, 0.05) is 6.07 Å². The summed E-state index contributed by atoms with van der Waals surface area (Å²) >= 11 is 1.02. The average molecular weight is 277 g/mol. The summed E-state index contributed by atoms with van der Waals surface area (Å²) in [4.78, 5) is 10.7. The van der Waals surface area contributed by atoms with Crippen molar-refractivity contribution < 1.29 is 9.31 Å². The highest BCUT2D eigenvalue weighted by atomic mass is 32.1. The summed E-state index contributed by atoms with van der Waals surface area (Å²) < 4.78 is 12.6. The fraction of sp³-hybridized carbons (Fsp3) is 0. The van der Waals surface area contributed by atoms with E-state index < -0.39 is 4.92 Å². The molecule has 0 amide bonds. The predicted molar refractivity (Wildman–Crippen MR) is 72.6 cm³/mol. The monoisotopic (exact) mass is 277 g/mol. The lowest BCUT2D eigenvalue weighted by atomic mass is 10.2. The van der Waals surface area contributed by atoms with Crippen LogP contribution in [0.25, 0.3) is 0 Å². The maximum Gasteiger partial charge on any atom is 0.324 e. The molecule has 0 saturated heterocycles. The van der Waals surface area contributed by atoms with Gasteiger partial charge in [-0.1, -0.05) is 23.5 Å². The first kappa shape index (κ1) is 13.0. The number of thiophene rings is 1. The van der Waals surface area contributed by atoms with Crippen LogP contribution in [0.3, 0.4) is 0 Å². The summed E-state index contributed by atoms with van der Waals surface area (Å²) in [6.07, 6.45) is 2.90. The third-order valence-electron chi connectivity index (χ3n) is 2.12. The molecule has 2 aromatic rings. The highest BCUT2D eigenvalue weighted by Crippen LogP contribution is 2.22. The van der Waals surface area contributed by atoms with E-state index >= 15 is 0 Å². The van der Waals surface area contributed by atoms with Gasteiger partial charge in [0.15, 0.2) is 0 Å². The molecule has 0 atom stereocenters. The molecular formula is C12H8FN3O2S. The first-order valence-electron chi connectivity index (χ1n) is 5.21. The zero-order chi connectivity index (χ0) is 13.7. The zero-order valence-electron chi connectivity index (χ0n) is 9.56. The van der Waals surface area contributed by atoms with Crippen molar-refractivity contribution in [3.05, 3.63) is 62.8 Å². The Hall–Kier alpha value is -2.41. The van der Waals surface area contributed by atoms with Crippen LogP contribution in [0.1, 0.15) is 10.4 Å². The van der Waals surface area contributed by atoms with E-state index in [2.05, 4.69) is 10.2 Å². The quantitative estimate of drug-likeness (QED) is 0.489. The van der Waals surface area contributed by atoms with Crippen molar-refractivity contribution >= 4 is 28.8 Å². The van der Waals surface area contributed by atoms with Crippen LogP contribution in [0.15, 0.2) is 46.6 Å². The topological polar surface area (TPSA) is 67.9 Å². The molecule has 2 rings (SSSR count). The average Bonchev–Trinajstić information content (AvgIpc) is 2.86. The van der Waals surface area contributed by atoms with Gasteiger partial charge in [-0.25, -0.2) is 4.39 Å². The van der Waals surface area contributed by atoms with Crippen LogP contribution in [-0.2, 0) is 0 Å². The number of rotatable bonds is 4. The van der Waals surface area contributed by atoms with Gasteiger partial charge in [0.05, 0.1) is 22.2 Å². The minimum Gasteiger partial charge on any atom is -0.258 e. The first-order chi connectivity index (χ1) is 9.15. The summed E-state index contributed by atoms with van der Waals surface area (Å²) in [5.41, 5.74) is 0.718. The Balaban J connectivity index is 1.99. The third-order valence-corrected chi connectivity index (χ3v) is 3.09. The van der Waals surface area contributed by atoms with Crippen molar-refractivity contribution in [2.45, 2.75) is 0 Å². The lowest BCUT2D eigenvalue weighted by Crippen LogP contribution is -1.81. The summed E-state index contributed by atoms with van der Waals surface area (Å²) in [5.74, 6) is -0.313. The number of hydrogen-bond acceptors (Lipinski definition) is 5. The highest BCUT2D eigenvalue weighted by Gasteiger charge is 2.07.